The van der Waals surface area contributed by atoms with Gasteiger partial charge in [0.2, 0.25) is 5.91 Å². The molecule has 0 radical (unpaired) electrons. The molecule has 3 nitrogen and oxygen atoms in total. The minimum Gasteiger partial charge on any atom is -0.289 e. The largest absolute Gasteiger partial charge is 0.289 e. The molecule has 0 aliphatic rings. The number of rotatable bonds is 5. The van der Waals surface area contributed by atoms with Gasteiger partial charge < -0.3 is 0 Å². The summed E-state index contributed by atoms with van der Waals surface area (Å²) in [5, 5.41) is 9.00. The lowest BCUT2D eigenvalue weighted by Gasteiger charge is -2.01. The maximum absolute atomic E-state index is 10.7. The number of halogens is 1. The van der Waals surface area contributed by atoms with Crippen molar-refractivity contribution in [2.24, 2.45) is 0 Å². The van der Waals surface area contributed by atoms with Crippen molar-refractivity contribution in [3.8, 4) is 0 Å². The number of benzene rings is 1. The zero-order valence-corrected chi connectivity index (χ0v) is 9.13. The molecule has 0 aliphatic heterocycles. The SMILES string of the molecule is O=C(CCCCc1ccc(Cl)cc1)NO. The molecule has 0 atom stereocenters. The fourth-order valence-electron chi connectivity index (χ4n) is 1.32. The molecule has 0 bridgehead atoms. The molecule has 0 aliphatic carbocycles. The van der Waals surface area contributed by atoms with Crippen LogP contribution in [0.15, 0.2) is 24.3 Å². The third kappa shape index (κ3) is 4.81. The summed E-state index contributed by atoms with van der Waals surface area (Å²) in [6.07, 6.45) is 2.99. The fraction of sp³-hybridized carbons (Fsp3) is 0.364. The summed E-state index contributed by atoms with van der Waals surface area (Å²) in [5.41, 5.74) is 2.83. The summed E-state index contributed by atoms with van der Waals surface area (Å²) in [6.45, 7) is 0. The molecule has 1 aromatic rings. The molecule has 2 N–H and O–H groups in total. The number of aryl methyl sites for hydroxylation is 1. The molecule has 0 unspecified atom stereocenters. The van der Waals surface area contributed by atoms with Crippen molar-refractivity contribution in [1.82, 2.24) is 5.48 Å². The molecule has 1 rings (SSSR count). The van der Waals surface area contributed by atoms with E-state index in [0.29, 0.717) is 6.42 Å². The van der Waals surface area contributed by atoms with Crippen LogP contribution >= 0.6 is 11.6 Å². The first-order chi connectivity index (χ1) is 7.22. The van der Waals surface area contributed by atoms with E-state index in [9.17, 15) is 4.79 Å². The third-order valence-corrected chi connectivity index (χ3v) is 2.41. The number of nitrogens with one attached hydrogen (secondary N) is 1. The van der Waals surface area contributed by atoms with Gasteiger partial charge in [0.1, 0.15) is 0 Å². The second kappa shape index (κ2) is 6.43. The van der Waals surface area contributed by atoms with Crippen LogP contribution in [0.1, 0.15) is 24.8 Å². The zero-order valence-electron chi connectivity index (χ0n) is 8.37. The Morgan fingerprint density at radius 2 is 1.93 bits per heavy atom. The van der Waals surface area contributed by atoms with Crippen LogP contribution in [0.4, 0.5) is 0 Å². The Bertz CT molecular complexity index is 311. The second-order valence-electron chi connectivity index (χ2n) is 3.37. The van der Waals surface area contributed by atoms with Crippen molar-refractivity contribution in [3.63, 3.8) is 0 Å². The predicted octanol–water partition coefficient (Wildman–Crippen LogP) is 2.56. The Balaban J connectivity index is 2.20. The van der Waals surface area contributed by atoms with Gasteiger partial charge in [0.15, 0.2) is 0 Å². The summed E-state index contributed by atoms with van der Waals surface area (Å²) < 4.78 is 0. The Hall–Kier alpha value is -1.06. The van der Waals surface area contributed by atoms with Gasteiger partial charge in [-0.05, 0) is 37.0 Å². The molecule has 1 amide bonds. The van der Waals surface area contributed by atoms with Gasteiger partial charge in [-0.1, -0.05) is 23.7 Å². The van der Waals surface area contributed by atoms with Crippen molar-refractivity contribution in [2.45, 2.75) is 25.7 Å². The minimum atomic E-state index is -0.328. The van der Waals surface area contributed by atoms with Crippen LogP contribution in [0, 0.1) is 0 Å². The lowest BCUT2D eigenvalue weighted by molar-refractivity contribution is -0.129. The van der Waals surface area contributed by atoms with E-state index < -0.39 is 0 Å². The fourth-order valence-corrected chi connectivity index (χ4v) is 1.45. The molecular weight excluding hydrogens is 214 g/mol. The van der Waals surface area contributed by atoms with Gasteiger partial charge in [-0.15, -0.1) is 0 Å². The summed E-state index contributed by atoms with van der Waals surface area (Å²) >= 11 is 5.75. The first-order valence-corrected chi connectivity index (χ1v) is 5.27. The lowest BCUT2D eigenvalue weighted by atomic mass is 10.1. The number of hydrogen-bond acceptors (Lipinski definition) is 2. The van der Waals surface area contributed by atoms with Gasteiger partial charge in [-0.25, -0.2) is 5.48 Å². The topological polar surface area (TPSA) is 49.3 Å². The Kier molecular flexibility index (Phi) is 5.15. The van der Waals surface area contributed by atoms with Crippen molar-refractivity contribution < 1.29 is 10.0 Å². The first kappa shape index (κ1) is 12.0. The number of hydrogen-bond donors (Lipinski definition) is 2. The Morgan fingerprint density at radius 3 is 2.53 bits per heavy atom. The quantitative estimate of drug-likeness (QED) is 0.462. The number of unbranched alkanes of at least 4 members (excludes halogenated alkanes) is 1. The minimum absolute atomic E-state index is 0.328. The Labute approximate surface area is 94.0 Å². The maximum Gasteiger partial charge on any atom is 0.243 e. The molecule has 0 aromatic heterocycles. The average molecular weight is 228 g/mol. The standard InChI is InChI=1S/C11H14ClNO2/c12-10-7-5-9(6-8-10)3-1-2-4-11(14)13-15/h5-8,15H,1-4H2,(H,13,14). The lowest BCUT2D eigenvalue weighted by Crippen LogP contribution is -2.17. The molecule has 0 saturated heterocycles. The van der Waals surface area contributed by atoms with Gasteiger partial charge in [0.25, 0.3) is 0 Å². The highest BCUT2D eigenvalue weighted by atomic mass is 35.5. The van der Waals surface area contributed by atoms with Gasteiger partial charge in [0.05, 0.1) is 0 Å². The molecule has 4 heteroatoms. The smallest absolute Gasteiger partial charge is 0.243 e. The van der Waals surface area contributed by atoms with E-state index in [-0.39, 0.29) is 5.91 Å². The number of carbonyl (C=O) groups is 1. The first-order valence-electron chi connectivity index (χ1n) is 4.90. The monoisotopic (exact) mass is 227 g/mol. The van der Waals surface area contributed by atoms with Gasteiger partial charge in [-0.2, -0.15) is 0 Å². The summed E-state index contributed by atoms with van der Waals surface area (Å²) in [7, 11) is 0. The summed E-state index contributed by atoms with van der Waals surface area (Å²) in [6, 6.07) is 7.68. The van der Waals surface area contributed by atoms with E-state index in [1.807, 2.05) is 24.3 Å². The van der Waals surface area contributed by atoms with E-state index in [4.69, 9.17) is 16.8 Å². The Morgan fingerprint density at radius 1 is 1.27 bits per heavy atom. The predicted molar refractivity (Wildman–Crippen MR) is 58.9 cm³/mol. The van der Waals surface area contributed by atoms with Crippen LogP contribution in [0.2, 0.25) is 5.02 Å². The summed E-state index contributed by atoms with van der Waals surface area (Å²) in [4.78, 5) is 10.7. The molecule has 0 saturated carbocycles. The second-order valence-corrected chi connectivity index (χ2v) is 3.80. The highest BCUT2D eigenvalue weighted by molar-refractivity contribution is 6.30. The molecule has 15 heavy (non-hydrogen) atoms. The molecule has 0 spiro atoms. The highest BCUT2D eigenvalue weighted by Crippen LogP contribution is 2.12. The zero-order chi connectivity index (χ0) is 11.1. The van der Waals surface area contributed by atoms with Crippen LogP contribution < -0.4 is 5.48 Å². The summed E-state index contributed by atoms with van der Waals surface area (Å²) in [5.74, 6) is -0.328. The van der Waals surface area contributed by atoms with E-state index in [1.165, 1.54) is 5.56 Å². The highest BCUT2D eigenvalue weighted by Gasteiger charge is 1.99. The van der Waals surface area contributed by atoms with E-state index in [0.717, 1.165) is 24.3 Å². The maximum atomic E-state index is 10.7. The third-order valence-electron chi connectivity index (χ3n) is 2.16. The van der Waals surface area contributed by atoms with Gasteiger partial charge >= 0.3 is 0 Å². The molecular formula is C11H14ClNO2. The van der Waals surface area contributed by atoms with Crippen molar-refractivity contribution in [1.29, 1.82) is 0 Å². The van der Waals surface area contributed by atoms with Crippen LogP contribution in [0.3, 0.4) is 0 Å². The van der Waals surface area contributed by atoms with Gasteiger partial charge in [0, 0.05) is 11.4 Å². The van der Waals surface area contributed by atoms with E-state index in [1.54, 1.807) is 5.48 Å². The van der Waals surface area contributed by atoms with E-state index in [2.05, 4.69) is 0 Å². The van der Waals surface area contributed by atoms with E-state index >= 15 is 0 Å². The van der Waals surface area contributed by atoms with Crippen LogP contribution in [0.5, 0.6) is 0 Å². The van der Waals surface area contributed by atoms with Crippen LogP contribution in [-0.2, 0) is 11.2 Å². The van der Waals surface area contributed by atoms with Crippen molar-refractivity contribution >= 4 is 17.5 Å². The molecule has 1 aromatic carbocycles. The van der Waals surface area contributed by atoms with Crippen molar-refractivity contribution in [3.05, 3.63) is 34.9 Å². The number of hydroxylamine groups is 1. The molecule has 0 heterocycles. The normalized spacial score (nSPS) is 10.0. The van der Waals surface area contributed by atoms with Crippen molar-refractivity contribution in [2.75, 3.05) is 0 Å². The van der Waals surface area contributed by atoms with Crippen LogP contribution in [-0.4, -0.2) is 11.1 Å². The number of carbonyl (C=O) groups excluding carboxylic acids is 1. The number of amides is 1. The molecule has 82 valence electrons. The average Bonchev–Trinajstić information content (AvgIpc) is 2.26. The van der Waals surface area contributed by atoms with Crippen LogP contribution in [0.25, 0.3) is 0 Å². The van der Waals surface area contributed by atoms with Gasteiger partial charge in [-0.3, -0.25) is 10.0 Å². The molecule has 0 fully saturated rings.